The zero-order valence-electron chi connectivity index (χ0n) is 18.3. The minimum absolute atomic E-state index is 0.0766. The fraction of sp³-hybridized carbons (Fsp3) is 0.435. The van der Waals surface area contributed by atoms with E-state index in [-0.39, 0.29) is 13.0 Å². The Kier molecular flexibility index (Phi) is 6.83. The number of esters is 1. The van der Waals surface area contributed by atoms with E-state index in [0.717, 1.165) is 64.2 Å². The predicted octanol–water partition coefficient (Wildman–Crippen LogP) is 2.76. The molecule has 1 N–H and O–H groups in total. The Morgan fingerprint density at radius 1 is 1.21 bits per heavy atom. The second kappa shape index (κ2) is 9.63. The van der Waals surface area contributed by atoms with Crippen LogP contribution < -0.4 is 5.32 Å². The summed E-state index contributed by atoms with van der Waals surface area (Å²) >= 11 is 1.40. The summed E-state index contributed by atoms with van der Waals surface area (Å²) in [6.07, 6.45) is 6.15. The number of nitrogens with one attached hydrogen (secondary N) is 1. The first-order valence-electron chi connectivity index (χ1n) is 10.8. The number of hydrogen-bond acceptors (Lipinski definition) is 7. The molecule has 1 aliphatic carbocycles. The van der Waals surface area contributed by atoms with Gasteiger partial charge >= 0.3 is 5.97 Å². The third kappa shape index (κ3) is 5.11. The van der Waals surface area contributed by atoms with Crippen LogP contribution in [0.2, 0.25) is 0 Å². The number of nitrogens with zero attached hydrogens (tertiary/aromatic N) is 2. The maximum Gasteiger partial charge on any atom is 0.325 e. The Morgan fingerprint density at radius 2 is 1.94 bits per heavy atom. The van der Waals surface area contributed by atoms with Crippen molar-refractivity contribution in [1.29, 1.82) is 5.26 Å². The molecule has 1 atom stereocenters. The van der Waals surface area contributed by atoms with E-state index >= 15 is 0 Å². The number of thiophene rings is 1. The fourth-order valence-electron chi connectivity index (χ4n) is 4.39. The van der Waals surface area contributed by atoms with Gasteiger partial charge in [-0.3, -0.25) is 9.59 Å². The van der Waals surface area contributed by atoms with E-state index in [1.807, 2.05) is 24.3 Å². The number of sulfonamides is 1. The molecule has 0 bridgehead atoms. The first-order chi connectivity index (χ1) is 15.8. The highest BCUT2D eigenvalue weighted by Gasteiger charge is 2.38. The van der Waals surface area contributed by atoms with Crippen molar-refractivity contribution in [2.75, 3.05) is 18.2 Å². The van der Waals surface area contributed by atoms with E-state index in [0.29, 0.717) is 10.6 Å². The van der Waals surface area contributed by atoms with Crippen LogP contribution in [-0.2, 0) is 50.2 Å². The van der Waals surface area contributed by atoms with E-state index in [1.165, 1.54) is 11.3 Å². The van der Waals surface area contributed by atoms with Gasteiger partial charge in [0.25, 0.3) is 5.91 Å². The molecule has 0 spiro atoms. The SMILES string of the molecule is CS(=O)(=O)N1Cc2ccccc2CC1C(=O)OCC(=O)Nc1sc2c(c1C#N)CCCCC2. The molecule has 33 heavy (non-hydrogen) atoms. The molecular formula is C23H25N3O5S2. The highest BCUT2D eigenvalue weighted by atomic mass is 32.2. The molecule has 4 rings (SSSR count). The Labute approximate surface area is 197 Å². The van der Waals surface area contributed by atoms with Crippen LogP contribution in [0.5, 0.6) is 0 Å². The summed E-state index contributed by atoms with van der Waals surface area (Å²) < 4.78 is 30.9. The Balaban J connectivity index is 1.43. The summed E-state index contributed by atoms with van der Waals surface area (Å²) in [7, 11) is -3.67. The average molecular weight is 488 g/mol. The van der Waals surface area contributed by atoms with Gasteiger partial charge in [0.05, 0.1) is 11.8 Å². The van der Waals surface area contributed by atoms with Crippen LogP contribution in [0.1, 0.15) is 46.4 Å². The van der Waals surface area contributed by atoms with Crippen LogP contribution in [0, 0.1) is 11.3 Å². The summed E-state index contributed by atoms with van der Waals surface area (Å²) in [5, 5.41) is 12.8. The molecule has 1 unspecified atom stereocenters. The lowest BCUT2D eigenvalue weighted by atomic mass is 9.96. The smallest absolute Gasteiger partial charge is 0.325 e. The summed E-state index contributed by atoms with van der Waals surface area (Å²) in [5.74, 6) is -1.33. The number of benzene rings is 1. The number of rotatable bonds is 5. The van der Waals surface area contributed by atoms with Crippen molar-refractivity contribution in [3.05, 3.63) is 51.4 Å². The second-order valence-electron chi connectivity index (χ2n) is 8.33. The number of amides is 1. The number of carbonyl (C=O) groups excluding carboxylic acids is 2. The molecule has 1 amide bonds. The maximum atomic E-state index is 12.8. The van der Waals surface area contributed by atoms with Gasteiger partial charge in [-0.15, -0.1) is 11.3 Å². The summed E-state index contributed by atoms with van der Waals surface area (Å²) in [4.78, 5) is 26.4. The fourth-order valence-corrected chi connectivity index (χ4v) is 6.65. The lowest BCUT2D eigenvalue weighted by Crippen LogP contribution is -2.49. The van der Waals surface area contributed by atoms with E-state index < -0.39 is 34.5 Å². The quantitative estimate of drug-likeness (QED) is 0.512. The van der Waals surface area contributed by atoms with Gasteiger partial charge in [-0.25, -0.2) is 8.42 Å². The Morgan fingerprint density at radius 3 is 2.67 bits per heavy atom. The number of carbonyl (C=O) groups is 2. The zero-order valence-corrected chi connectivity index (χ0v) is 19.9. The van der Waals surface area contributed by atoms with Crippen LogP contribution in [0.15, 0.2) is 24.3 Å². The number of nitriles is 1. The van der Waals surface area contributed by atoms with Crippen LogP contribution in [0.4, 0.5) is 5.00 Å². The highest BCUT2D eigenvalue weighted by Crippen LogP contribution is 2.37. The lowest BCUT2D eigenvalue weighted by Gasteiger charge is -2.33. The first kappa shape index (κ1) is 23.4. The van der Waals surface area contributed by atoms with Crippen molar-refractivity contribution < 1.29 is 22.7 Å². The molecule has 1 aromatic carbocycles. The van der Waals surface area contributed by atoms with Crippen molar-refractivity contribution >= 4 is 38.2 Å². The predicted molar refractivity (Wildman–Crippen MR) is 124 cm³/mol. The van der Waals surface area contributed by atoms with Crippen molar-refractivity contribution in [1.82, 2.24) is 4.31 Å². The molecule has 2 aromatic rings. The average Bonchev–Trinajstić information content (AvgIpc) is 2.94. The molecule has 0 radical (unpaired) electrons. The zero-order chi connectivity index (χ0) is 23.6. The van der Waals surface area contributed by atoms with Crippen molar-refractivity contribution in [2.45, 2.75) is 51.1 Å². The van der Waals surface area contributed by atoms with Crippen LogP contribution >= 0.6 is 11.3 Å². The molecule has 1 aliphatic heterocycles. The van der Waals surface area contributed by atoms with E-state index in [2.05, 4.69) is 11.4 Å². The van der Waals surface area contributed by atoms with Gasteiger partial charge in [-0.05, 0) is 42.4 Å². The van der Waals surface area contributed by atoms with E-state index in [1.54, 1.807) is 0 Å². The van der Waals surface area contributed by atoms with Gasteiger partial charge in [0, 0.05) is 17.8 Å². The number of aryl methyl sites for hydroxylation is 1. The third-order valence-corrected chi connectivity index (χ3v) is 8.48. The molecule has 8 nitrogen and oxygen atoms in total. The van der Waals surface area contributed by atoms with Crippen molar-refractivity contribution in [3.63, 3.8) is 0 Å². The molecule has 1 aromatic heterocycles. The molecule has 174 valence electrons. The normalized spacial score (nSPS) is 18.4. The van der Waals surface area contributed by atoms with Crippen molar-refractivity contribution in [2.24, 2.45) is 0 Å². The van der Waals surface area contributed by atoms with E-state index in [4.69, 9.17) is 4.74 Å². The minimum atomic E-state index is -3.67. The molecule has 0 saturated heterocycles. The Hall–Kier alpha value is -2.74. The lowest BCUT2D eigenvalue weighted by molar-refractivity contribution is -0.151. The Bertz CT molecular complexity index is 1230. The van der Waals surface area contributed by atoms with Gasteiger partial charge in [-0.1, -0.05) is 30.7 Å². The molecule has 10 heteroatoms. The third-order valence-electron chi connectivity index (χ3n) is 6.04. The van der Waals surface area contributed by atoms with Crippen LogP contribution in [0.25, 0.3) is 0 Å². The summed E-state index contributed by atoms with van der Waals surface area (Å²) in [6, 6.07) is 8.51. The molecule has 0 saturated carbocycles. The maximum absolute atomic E-state index is 12.8. The molecule has 2 aliphatic rings. The minimum Gasteiger partial charge on any atom is -0.454 e. The van der Waals surface area contributed by atoms with E-state index in [9.17, 15) is 23.3 Å². The molecule has 2 heterocycles. The first-order valence-corrected chi connectivity index (χ1v) is 13.5. The number of ether oxygens (including phenoxy) is 1. The van der Waals surface area contributed by atoms with Gasteiger partial charge in [0.15, 0.2) is 6.61 Å². The number of fused-ring (bicyclic) bond motifs is 2. The van der Waals surface area contributed by atoms with Crippen LogP contribution in [0.3, 0.4) is 0 Å². The van der Waals surface area contributed by atoms with Gasteiger partial charge in [0.2, 0.25) is 10.0 Å². The highest BCUT2D eigenvalue weighted by molar-refractivity contribution is 7.88. The number of hydrogen-bond donors (Lipinski definition) is 1. The molecule has 0 fully saturated rings. The topological polar surface area (TPSA) is 117 Å². The molecular weight excluding hydrogens is 462 g/mol. The van der Waals surface area contributed by atoms with Crippen molar-refractivity contribution in [3.8, 4) is 6.07 Å². The van der Waals surface area contributed by atoms with Gasteiger partial charge in [0.1, 0.15) is 17.1 Å². The summed E-state index contributed by atoms with van der Waals surface area (Å²) in [6.45, 7) is -0.477. The number of anilines is 1. The second-order valence-corrected chi connectivity index (χ2v) is 11.4. The standard InChI is InChI=1S/C23H25N3O5S2/c1-33(29,30)26-13-16-8-6-5-7-15(16)11-19(26)23(28)31-14-21(27)25-22-18(12-24)17-9-3-2-4-10-20(17)32-22/h5-8,19H,2-4,9-11,13-14H2,1H3,(H,25,27). The van der Waals surface area contributed by atoms with Gasteiger partial charge < -0.3 is 10.1 Å². The van der Waals surface area contributed by atoms with Gasteiger partial charge in [-0.2, -0.15) is 9.57 Å². The largest absolute Gasteiger partial charge is 0.454 e. The summed E-state index contributed by atoms with van der Waals surface area (Å²) in [5.41, 5.74) is 3.22. The van der Waals surface area contributed by atoms with Crippen LogP contribution in [-0.4, -0.2) is 43.5 Å². The monoisotopic (exact) mass is 487 g/mol.